The molecule has 7 N–H and O–H groups in total. The summed E-state index contributed by atoms with van der Waals surface area (Å²) in [5.74, 6) is -6.45. The first-order chi connectivity index (χ1) is 36.3. The lowest BCUT2D eigenvalue weighted by Crippen LogP contribution is -2.73. The molecule has 0 aromatic carbocycles. The number of carbonyl (C=O) groups is 6. The summed E-state index contributed by atoms with van der Waals surface area (Å²) in [6, 6.07) is -3.67. The molecule has 0 aliphatic heterocycles. The summed E-state index contributed by atoms with van der Waals surface area (Å²) in [6.45, 7) is 3.80. The maximum atomic E-state index is 15.2. The Balaban J connectivity index is 6.71. The zero-order valence-corrected chi connectivity index (χ0v) is 48.8. The minimum Gasteiger partial charge on any atom is -0.480 e. The van der Waals surface area contributed by atoms with Crippen LogP contribution in [0.2, 0.25) is 0 Å². The van der Waals surface area contributed by atoms with Gasteiger partial charge in [-0.15, -0.1) is 0 Å². The molecule has 0 aromatic rings. The molecule has 0 saturated heterocycles. The fraction of sp³-hybridized carbons (Fsp3) is 0.900. The number of hydrogen-bond donors (Lipinski definition) is 8. The van der Waals surface area contributed by atoms with E-state index >= 15 is 9.59 Å². The molecule has 0 bridgehead atoms. The van der Waals surface area contributed by atoms with Crippen LogP contribution in [0.4, 0.5) is 0 Å². The normalized spacial score (nSPS) is 13.9. The first-order valence-corrected chi connectivity index (χ1v) is 31.3. The van der Waals surface area contributed by atoms with E-state index in [9.17, 15) is 44.7 Å². The van der Waals surface area contributed by atoms with E-state index < -0.39 is 90.6 Å². The van der Waals surface area contributed by atoms with Crippen molar-refractivity contribution in [3.05, 3.63) is 0 Å². The zero-order chi connectivity index (χ0) is 55.8. The Morgan fingerprint density at radius 1 is 0.427 bits per heavy atom. The number of imide groups is 1. The van der Waals surface area contributed by atoms with Crippen LogP contribution in [0.15, 0.2) is 0 Å². The average Bonchev–Trinajstić information content (AvgIpc) is 3.39. The van der Waals surface area contributed by atoms with Crippen molar-refractivity contribution in [1.82, 2.24) is 15.5 Å². The number of hydrogen-bond acceptors (Lipinski definition) is 11. The third-order valence-electron chi connectivity index (χ3n) is 14.9. The van der Waals surface area contributed by atoms with E-state index in [0.717, 1.165) is 81.9 Å². The fourth-order valence-corrected chi connectivity index (χ4v) is 10.7. The summed E-state index contributed by atoms with van der Waals surface area (Å²) < 4.78 is 0. The Labute approximate surface area is 461 Å². The van der Waals surface area contributed by atoms with Crippen molar-refractivity contribution < 1.29 is 54.3 Å². The molecule has 0 rings (SSSR count). The van der Waals surface area contributed by atoms with E-state index in [1.807, 2.05) is 0 Å². The third kappa shape index (κ3) is 34.1. The third-order valence-corrected chi connectivity index (χ3v) is 15.5. The molecular weight excluding hydrogens is 971 g/mol. The number of thiol groups is 1. The fourth-order valence-electron chi connectivity index (χ4n) is 10.1. The molecule has 75 heavy (non-hydrogen) atoms. The highest BCUT2D eigenvalue weighted by molar-refractivity contribution is 7.81. The highest BCUT2D eigenvalue weighted by atomic mass is 32.1. The SMILES string of the molecule is CCCCCCCCCCCCCCCC(=O)N(C(=O)CCCCCCCCCCCCCCC)[C@](C(=O)CCCCCCCCCCCCCCC)(C(=O)N[C@@H](CO)C(=O)N[C@@H](CO)C(=O)O)C(S)CC(O)CO. The number of carboxylic acid groups (broad SMARTS) is 1. The van der Waals surface area contributed by atoms with E-state index in [-0.39, 0.29) is 19.3 Å². The van der Waals surface area contributed by atoms with Crippen molar-refractivity contribution in [2.45, 2.75) is 326 Å². The molecule has 5 atom stereocenters. The Kier molecular flexibility index (Phi) is 48.0. The number of nitrogens with zero attached hydrogens (tertiary/aromatic N) is 1. The monoisotopic (exact) mass is 1080 g/mol. The molecule has 0 saturated carbocycles. The molecule has 0 heterocycles. The van der Waals surface area contributed by atoms with Gasteiger partial charge < -0.3 is 36.2 Å². The number of amides is 4. The van der Waals surface area contributed by atoms with E-state index in [0.29, 0.717) is 38.5 Å². The summed E-state index contributed by atoms with van der Waals surface area (Å²) >= 11 is 4.77. The van der Waals surface area contributed by atoms with Gasteiger partial charge in [-0.1, -0.05) is 252 Å². The number of aliphatic hydroxyl groups excluding tert-OH is 4. The van der Waals surface area contributed by atoms with E-state index in [1.54, 1.807) is 0 Å². The van der Waals surface area contributed by atoms with Crippen molar-refractivity contribution in [2.75, 3.05) is 19.8 Å². The van der Waals surface area contributed by atoms with Crippen molar-refractivity contribution in [3.8, 4) is 0 Å². The van der Waals surface area contributed by atoms with Gasteiger partial charge in [0.05, 0.1) is 25.9 Å². The highest BCUT2D eigenvalue weighted by Crippen LogP contribution is 2.34. The van der Waals surface area contributed by atoms with Gasteiger partial charge in [0.1, 0.15) is 12.1 Å². The summed E-state index contributed by atoms with van der Waals surface area (Å²) in [6.07, 6.45) is 38.6. The van der Waals surface area contributed by atoms with E-state index in [4.69, 9.17) is 12.6 Å². The van der Waals surface area contributed by atoms with Crippen LogP contribution in [0.1, 0.15) is 297 Å². The lowest BCUT2D eigenvalue weighted by molar-refractivity contribution is -0.165. The number of aliphatic carboxylic acids is 1. The Hall–Kier alpha value is -2.59. The topological polar surface area (TPSA) is 231 Å². The lowest BCUT2D eigenvalue weighted by Gasteiger charge is -2.44. The number of unbranched alkanes of at least 4 members (excludes halogenated alkanes) is 36. The summed E-state index contributed by atoms with van der Waals surface area (Å²) in [5, 5.41) is 53.4. The summed E-state index contributed by atoms with van der Waals surface area (Å²) in [7, 11) is 0. The van der Waals surface area contributed by atoms with Gasteiger partial charge in [0.25, 0.3) is 5.91 Å². The standard InChI is InChI=1S/C60H113N3O11S/c1-4-7-10-13-16-19-22-25-28-31-34-37-40-43-53(68)60(54(75)46-50(67)47-64,59(74)62-51(48-65)57(71)61-52(49-66)58(72)73)63(55(69)44-41-38-35-32-29-26-23-20-17-14-11-8-5-2)56(70)45-42-39-36-33-30-27-24-21-18-15-12-9-6-3/h50-52,54,64-67,75H,4-49H2,1-3H3,(H,61,71)(H,62,74)(H,72,73)/t50?,51-,52-,54?,60-/m0/s1. The highest BCUT2D eigenvalue weighted by Gasteiger charge is 2.59. The Morgan fingerprint density at radius 2 is 0.720 bits per heavy atom. The summed E-state index contributed by atoms with van der Waals surface area (Å²) in [4.78, 5) is 86.1. The van der Waals surface area contributed by atoms with Gasteiger partial charge in [0.2, 0.25) is 17.7 Å². The lowest BCUT2D eigenvalue weighted by atomic mass is 9.80. The van der Waals surface area contributed by atoms with Crippen molar-refractivity contribution >= 4 is 48.0 Å². The average molecular weight is 1080 g/mol. The van der Waals surface area contributed by atoms with Gasteiger partial charge in [-0.25, -0.2) is 4.79 Å². The van der Waals surface area contributed by atoms with Gasteiger partial charge >= 0.3 is 5.97 Å². The maximum absolute atomic E-state index is 15.2. The van der Waals surface area contributed by atoms with Gasteiger partial charge in [0.15, 0.2) is 11.3 Å². The summed E-state index contributed by atoms with van der Waals surface area (Å²) in [5.41, 5.74) is -2.74. The number of ketones is 1. The van der Waals surface area contributed by atoms with Crippen molar-refractivity contribution in [1.29, 1.82) is 0 Å². The van der Waals surface area contributed by atoms with Crippen LogP contribution in [0.3, 0.4) is 0 Å². The van der Waals surface area contributed by atoms with Crippen LogP contribution < -0.4 is 10.6 Å². The van der Waals surface area contributed by atoms with Gasteiger partial charge in [-0.05, 0) is 25.7 Å². The van der Waals surface area contributed by atoms with Gasteiger partial charge in [0, 0.05) is 24.5 Å². The van der Waals surface area contributed by atoms with Crippen molar-refractivity contribution in [3.63, 3.8) is 0 Å². The molecule has 2 unspecified atom stereocenters. The number of rotatable bonds is 55. The van der Waals surface area contributed by atoms with Gasteiger partial charge in [-0.2, -0.15) is 12.6 Å². The molecule has 15 heteroatoms. The maximum Gasteiger partial charge on any atom is 0.328 e. The number of aliphatic hydroxyl groups is 4. The quantitative estimate of drug-likeness (QED) is 0.0162. The first kappa shape index (κ1) is 72.4. The molecule has 0 aliphatic rings. The second-order valence-electron chi connectivity index (χ2n) is 21.7. The van der Waals surface area contributed by atoms with Crippen LogP contribution in [0.5, 0.6) is 0 Å². The van der Waals surface area contributed by atoms with Crippen LogP contribution in [-0.4, -0.2) is 115 Å². The Bertz CT molecular complexity index is 1410. The zero-order valence-electron chi connectivity index (χ0n) is 47.9. The second-order valence-corrected chi connectivity index (χ2v) is 22.3. The molecule has 0 spiro atoms. The first-order valence-electron chi connectivity index (χ1n) is 30.8. The number of nitrogens with one attached hydrogen (secondary N) is 2. The molecule has 0 aliphatic carbocycles. The molecule has 4 amide bonds. The molecule has 0 radical (unpaired) electrons. The number of carbonyl (C=O) groups excluding carboxylic acids is 5. The Morgan fingerprint density at radius 3 is 1.00 bits per heavy atom. The smallest absolute Gasteiger partial charge is 0.328 e. The van der Waals surface area contributed by atoms with Crippen molar-refractivity contribution in [2.24, 2.45) is 0 Å². The minimum atomic E-state index is -2.74. The molecule has 14 nitrogen and oxygen atoms in total. The van der Waals surface area contributed by atoms with Crippen LogP contribution in [0.25, 0.3) is 0 Å². The molecular formula is C60H113N3O11S. The van der Waals surface area contributed by atoms with Crippen LogP contribution in [-0.2, 0) is 28.8 Å². The molecule has 0 aromatic heterocycles. The van der Waals surface area contributed by atoms with Crippen LogP contribution in [0, 0.1) is 0 Å². The van der Waals surface area contributed by atoms with Crippen LogP contribution >= 0.6 is 12.6 Å². The molecule has 440 valence electrons. The predicted molar refractivity (Wildman–Crippen MR) is 307 cm³/mol. The van der Waals surface area contributed by atoms with E-state index in [1.165, 1.54) is 135 Å². The number of carboxylic acids is 1. The molecule has 0 fully saturated rings. The number of Topliss-reactive ketones (excluding diaryl/α,β-unsaturated/α-hetero) is 1. The van der Waals surface area contributed by atoms with E-state index in [2.05, 4.69) is 31.4 Å². The predicted octanol–water partition coefficient (Wildman–Crippen LogP) is 12.2. The minimum absolute atomic E-state index is 0.174. The largest absolute Gasteiger partial charge is 0.480 e. The van der Waals surface area contributed by atoms with Gasteiger partial charge in [-0.3, -0.25) is 28.9 Å². The second kappa shape index (κ2) is 49.7.